The third-order valence-electron chi connectivity index (χ3n) is 1.81. The van der Waals surface area contributed by atoms with Crippen LogP contribution in [0.4, 0.5) is 0 Å². The van der Waals surface area contributed by atoms with Crippen LogP contribution in [0.3, 0.4) is 0 Å². The highest BCUT2D eigenvalue weighted by Gasteiger charge is 2.28. The van der Waals surface area contributed by atoms with Gasteiger partial charge in [-0.2, -0.15) is 0 Å². The number of carbonyl (C=O) groups excluding carboxylic acids is 1. The molecule has 1 N–H and O–H groups in total. The average Bonchev–Trinajstić information content (AvgIpc) is 1.96. The van der Waals surface area contributed by atoms with E-state index in [4.69, 9.17) is 9.84 Å². The number of aliphatic carboxylic acids is 1. The van der Waals surface area contributed by atoms with Gasteiger partial charge in [0.05, 0.1) is 11.7 Å². The smallest absolute Gasteiger partial charge is 0.321 e. The maximum Gasteiger partial charge on any atom is 0.321 e. The lowest BCUT2D eigenvalue weighted by molar-refractivity contribution is -0.151. The molecule has 6 nitrogen and oxygen atoms in total. The SMILES string of the molecule is CC(CC(=O)O)S(=O)(=O)CC(=O)OC(C)(C)C. The van der Waals surface area contributed by atoms with Crippen LogP contribution in [0.15, 0.2) is 0 Å². The molecule has 0 aromatic heterocycles. The van der Waals surface area contributed by atoms with E-state index in [-0.39, 0.29) is 0 Å². The summed E-state index contributed by atoms with van der Waals surface area (Å²) in [6, 6.07) is 0. The monoisotopic (exact) mass is 266 g/mol. The first-order chi connectivity index (χ1) is 7.44. The number of hydrogen-bond acceptors (Lipinski definition) is 5. The van der Waals surface area contributed by atoms with Crippen molar-refractivity contribution in [3.05, 3.63) is 0 Å². The van der Waals surface area contributed by atoms with Gasteiger partial charge in [0.1, 0.15) is 11.4 Å². The van der Waals surface area contributed by atoms with Gasteiger partial charge in [-0.25, -0.2) is 8.42 Å². The van der Waals surface area contributed by atoms with Crippen molar-refractivity contribution >= 4 is 21.8 Å². The van der Waals surface area contributed by atoms with Crippen LogP contribution < -0.4 is 0 Å². The Balaban J connectivity index is 4.56. The lowest BCUT2D eigenvalue weighted by atomic mass is 10.2. The summed E-state index contributed by atoms with van der Waals surface area (Å²) in [5, 5.41) is 7.38. The van der Waals surface area contributed by atoms with E-state index >= 15 is 0 Å². The highest BCUT2D eigenvalue weighted by Crippen LogP contribution is 2.11. The molecule has 0 aliphatic rings. The molecule has 0 heterocycles. The van der Waals surface area contributed by atoms with Crippen LogP contribution in [0.25, 0.3) is 0 Å². The van der Waals surface area contributed by atoms with E-state index in [2.05, 4.69) is 0 Å². The molecule has 17 heavy (non-hydrogen) atoms. The van der Waals surface area contributed by atoms with Crippen LogP contribution in [0, 0.1) is 0 Å². The summed E-state index contributed by atoms with van der Waals surface area (Å²) in [4.78, 5) is 21.7. The quantitative estimate of drug-likeness (QED) is 0.732. The Morgan fingerprint density at radius 3 is 2.12 bits per heavy atom. The molecule has 0 radical (unpaired) electrons. The molecule has 0 saturated carbocycles. The largest absolute Gasteiger partial charge is 0.481 e. The molecule has 0 aliphatic carbocycles. The summed E-state index contributed by atoms with van der Waals surface area (Å²) < 4.78 is 28.1. The van der Waals surface area contributed by atoms with Gasteiger partial charge in [-0.1, -0.05) is 0 Å². The zero-order valence-electron chi connectivity index (χ0n) is 10.4. The van der Waals surface area contributed by atoms with Crippen molar-refractivity contribution < 1.29 is 27.9 Å². The molecular weight excluding hydrogens is 248 g/mol. The fourth-order valence-electron chi connectivity index (χ4n) is 1.05. The Morgan fingerprint density at radius 1 is 1.29 bits per heavy atom. The zero-order valence-corrected chi connectivity index (χ0v) is 11.2. The summed E-state index contributed by atoms with van der Waals surface area (Å²) in [6.07, 6.45) is -0.523. The van der Waals surface area contributed by atoms with Gasteiger partial charge in [0.25, 0.3) is 0 Å². The third kappa shape index (κ3) is 6.93. The minimum atomic E-state index is -3.78. The Hall–Kier alpha value is -1.11. The molecule has 0 aromatic carbocycles. The topological polar surface area (TPSA) is 97.7 Å². The van der Waals surface area contributed by atoms with Gasteiger partial charge in [-0.15, -0.1) is 0 Å². The number of hydrogen-bond donors (Lipinski definition) is 1. The van der Waals surface area contributed by atoms with Crippen molar-refractivity contribution in [3.63, 3.8) is 0 Å². The van der Waals surface area contributed by atoms with Crippen LogP contribution in [0.1, 0.15) is 34.1 Å². The van der Waals surface area contributed by atoms with E-state index in [1.54, 1.807) is 20.8 Å². The predicted molar refractivity (Wildman–Crippen MR) is 61.3 cm³/mol. The van der Waals surface area contributed by atoms with Crippen molar-refractivity contribution in [1.29, 1.82) is 0 Å². The van der Waals surface area contributed by atoms with Crippen LogP contribution in [-0.2, 0) is 24.2 Å². The molecule has 1 unspecified atom stereocenters. The number of carboxylic acids is 1. The molecule has 0 saturated heterocycles. The van der Waals surface area contributed by atoms with Crippen molar-refractivity contribution in [2.24, 2.45) is 0 Å². The second kappa shape index (κ2) is 5.48. The van der Waals surface area contributed by atoms with Gasteiger partial charge in [-0.05, 0) is 27.7 Å². The van der Waals surface area contributed by atoms with Gasteiger partial charge in [0.2, 0.25) is 0 Å². The molecule has 0 bridgehead atoms. The highest BCUT2D eigenvalue weighted by molar-refractivity contribution is 7.92. The number of esters is 1. The molecule has 0 spiro atoms. The summed E-state index contributed by atoms with van der Waals surface area (Å²) in [5.74, 6) is -2.88. The number of carboxylic acid groups (broad SMARTS) is 1. The zero-order chi connectivity index (χ0) is 13.9. The van der Waals surface area contributed by atoms with Crippen LogP contribution in [0.5, 0.6) is 0 Å². The Bertz CT molecular complexity index is 390. The third-order valence-corrected chi connectivity index (χ3v) is 3.85. The van der Waals surface area contributed by atoms with E-state index in [1.165, 1.54) is 6.92 Å². The summed E-state index contributed by atoms with van der Waals surface area (Å²) in [7, 11) is -3.78. The van der Waals surface area contributed by atoms with Crippen LogP contribution >= 0.6 is 0 Å². The van der Waals surface area contributed by atoms with Crippen molar-refractivity contribution in [2.75, 3.05) is 5.75 Å². The Kier molecular flexibility index (Phi) is 5.12. The van der Waals surface area contributed by atoms with E-state index in [1.807, 2.05) is 0 Å². The van der Waals surface area contributed by atoms with Gasteiger partial charge >= 0.3 is 11.9 Å². The fourth-order valence-corrected chi connectivity index (χ4v) is 2.12. The summed E-state index contributed by atoms with van der Waals surface area (Å²) in [6.45, 7) is 6.13. The van der Waals surface area contributed by atoms with E-state index < -0.39 is 44.8 Å². The first kappa shape index (κ1) is 15.9. The Labute approximate surface area is 101 Å². The minimum absolute atomic E-state index is 0.523. The predicted octanol–water partition coefficient (Wildman–Crippen LogP) is 0.606. The first-order valence-electron chi connectivity index (χ1n) is 5.09. The van der Waals surface area contributed by atoms with Gasteiger partial charge < -0.3 is 9.84 Å². The van der Waals surface area contributed by atoms with E-state index in [0.717, 1.165) is 0 Å². The molecule has 0 fully saturated rings. The van der Waals surface area contributed by atoms with Crippen molar-refractivity contribution in [1.82, 2.24) is 0 Å². The standard InChI is InChI=1S/C10H18O6S/c1-7(5-8(11)12)17(14,15)6-9(13)16-10(2,3)4/h7H,5-6H2,1-4H3,(H,11,12). The number of rotatable bonds is 5. The highest BCUT2D eigenvalue weighted by atomic mass is 32.2. The van der Waals surface area contributed by atoms with Crippen molar-refractivity contribution in [2.45, 2.75) is 45.0 Å². The molecule has 0 aromatic rings. The maximum absolute atomic E-state index is 11.6. The molecule has 0 amide bonds. The fraction of sp³-hybridized carbons (Fsp3) is 0.800. The normalized spacial score (nSPS) is 14.1. The summed E-state index contributed by atoms with van der Waals surface area (Å²) in [5.41, 5.74) is -0.761. The number of sulfone groups is 1. The van der Waals surface area contributed by atoms with E-state index in [9.17, 15) is 18.0 Å². The van der Waals surface area contributed by atoms with Crippen LogP contribution in [-0.4, -0.2) is 42.1 Å². The molecule has 0 rings (SSSR count). The molecule has 7 heteroatoms. The summed E-state index contributed by atoms with van der Waals surface area (Å²) >= 11 is 0. The lowest BCUT2D eigenvalue weighted by Crippen LogP contribution is -2.32. The Morgan fingerprint density at radius 2 is 1.76 bits per heavy atom. The minimum Gasteiger partial charge on any atom is -0.481 e. The second-order valence-corrected chi connectivity index (χ2v) is 7.22. The number of ether oxygens (including phenoxy) is 1. The molecule has 100 valence electrons. The van der Waals surface area contributed by atoms with Crippen LogP contribution in [0.2, 0.25) is 0 Å². The number of carbonyl (C=O) groups is 2. The van der Waals surface area contributed by atoms with Gasteiger partial charge in [-0.3, -0.25) is 9.59 Å². The van der Waals surface area contributed by atoms with Gasteiger partial charge in [0.15, 0.2) is 9.84 Å². The molecule has 0 aliphatic heterocycles. The van der Waals surface area contributed by atoms with Gasteiger partial charge in [0, 0.05) is 0 Å². The lowest BCUT2D eigenvalue weighted by Gasteiger charge is -2.20. The molecule has 1 atom stereocenters. The first-order valence-corrected chi connectivity index (χ1v) is 6.81. The second-order valence-electron chi connectivity index (χ2n) is 4.80. The van der Waals surface area contributed by atoms with Crippen molar-refractivity contribution in [3.8, 4) is 0 Å². The maximum atomic E-state index is 11.6. The van der Waals surface area contributed by atoms with E-state index in [0.29, 0.717) is 0 Å². The molecular formula is C10H18O6S. The average molecular weight is 266 g/mol.